The SMILES string of the molecule is CC1CCOC1C(=O)N1CCCC(CCCl)C1. The van der Waals surface area contributed by atoms with Gasteiger partial charge in [-0.1, -0.05) is 6.92 Å². The van der Waals surface area contributed by atoms with E-state index in [0.717, 1.165) is 39.0 Å². The highest BCUT2D eigenvalue weighted by Gasteiger charge is 2.35. The molecule has 3 unspecified atom stereocenters. The zero-order valence-corrected chi connectivity index (χ0v) is 11.3. The maximum atomic E-state index is 12.3. The molecule has 2 rings (SSSR count). The lowest BCUT2D eigenvalue weighted by Crippen LogP contribution is -2.46. The smallest absolute Gasteiger partial charge is 0.251 e. The molecule has 0 N–H and O–H groups in total. The zero-order chi connectivity index (χ0) is 12.3. The normalized spacial score (nSPS) is 34.0. The van der Waals surface area contributed by atoms with Gasteiger partial charge in [-0.15, -0.1) is 11.6 Å². The first-order valence-electron chi connectivity index (χ1n) is 6.68. The summed E-state index contributed by atoms with van der Waals surface area (Å²) in [7, 11) is 0. The van der Waals surface area contributed by atoms with Crippen LogP contribution < -0.4 is 0 Å². The Hall–Kier alpha value is -0.280. The molecule has 0 radical (unpaired) electrons. The number of amides is 1. The highest BCUT2D eigenvalue weighted by molar-refractivity contribution is 6.17. The second kappa shape index (κ2) is 6.05. The van der Waals surface area contributed by atoms with Crippen LogP contribution >= 0.6 is 11.6 Å². The van der Waals surface area contributed by atoms with Crippen LogP contribution in [0.3, 0.4) is 0 Å². The number of piperidine rings is 1. The fourth-order valence-electron chi connectivity index (χ4n) is 2.85. The number of likely N-dealkylation sites (tertiary alicyclic amines) is 1. The summed E-state index contributed by atoms with van der Waals surface area (Å²) in [5.41, 5.74) is 0. The Labute approximate surface area is 108 Å². The molecule has 4 heteroatoms. The minimum absolute atomic E-state index is 0.190. The maximum Gasteiger partial charge on any atom is 0.251 e. The number of nitrogens with zero attached hydrogens (tertiary/aromatic N) is 1. The first-order chi connectivity index (χ1) is 8.22. The molecule has 3 atom stereocenters. The maximum absolute atomic E-state index is 12.3. The van der Waals surface area contributed by atoms with E-state index in [9.17, 15) is 4.79 Å². The number of hydrogen-bond acceptors (Lipinski definition) is 2. The van der Waals surface area contributed by atoms with Crippen LogP contribution in [-0.2, 0) is 9.53 Å². The van der Waals surface area contributed by atoms with E-state index in [1.807, 2.05) is 4.90 Å². The molecule has 0 aliphatic carbocycles. The molecular weight excluding hydrogens is 238 g/mol. The highest BCUT2D eigenvalue weighted by atomic mass is 35.5. The van der Waals surface area contributed by atoms with Crippen molar-refractivity contribution in [3.05, 3.63) is 0 Å². The standard InChI is InChI=1S/C13H22ClNO2/c1-10-5-8-17-12(10)13(16)15-7-2-3-11(9-15)4-6-14/h10-12H,2-9H2,1H3. The summed E-state index contributed by atoms with van der Waals surface area (Å²) in [6, 6.07) is 0. The molecule has 2 saturated heterocycles. The summed E-state index contributed by atoms with van der Waals surface area (Å²) in [6.45, 7) is 4.61. The lowest BCUT2D eigenvalue weighted by Gasteiger charge is -2.34. The molecule has 98 valence electrons. The first kappa shape index (κ1) is 13.2. The monoisotopic (exact) mass is 259 g/mol. The van der Waals surface area contributed by atoms with Crippen molar-refractivity contribution in [3.63, 3.8) is 0 Å². The predicted octanol–water partition coefficient (Wildman–Crippen LogP) is 2.28. The van der Waals surface area contributed by atoms with Crippen LogP contribution in [0.1, 0.15) is 32.6 Å². The molecular formula is C13H22ClNO2. The summed E-state index contributed by atoms with van der Waals surface area (Å²) >= 11 is 5.78. The summed E-state index contributed by atoms with van der Waals surface area (Å²) in [5.74, 6) is 1.86. The Kier molecular flexibility index (Phi) is 4.69. The average molecular weight is 260 g/mol. The van der Waals surface area contributed by atoms with Crippen molar-refractivity contribution < 1.29 is 9.53 Å². The van der Waals surface area contributed by atoms with Gasteiger partial charge in [0.1, 0.15) is 6.10 Å². The van der Waals surface area contributed by atoms with Crippen LogP contribution in [0.5, 0.6) is 0 Å². The predicted molar refractivity (Wildman–Crippen MR) is 68.2 cm³/mol. The van der Waals surface area contributed by atoms with Crippen LogP contribution in [0, 0.1) is 11.8 Å². The van der Waals surface area contributed by atoms with Crippen molar-refractivity contribution in [2.75, 3.05) is 25.6 Å². The van der Waals surface area contributed by atoms with Gasteiger partial charge in [0.05, 0.1) is 0 Å². The van der Waals surface area contributed by atoms with Crippen molar-refractivity contribution in [1.29, 1.82) is 0 Å². The Morgan fingerprint density at radius 1 is 1.47 bits per heavy atom. The topological polar surface area (TPSA) is 29.5 Å². The molecule has 3 nitrogen and oxygen atoms in total. The summed E-state index contributed by atoms with van der Waals surface area (Å²) in [6.07, 6.45) is 4.15. The van der Waals surface area contributed by atoms with E-state index >= 15 is 0 Å². The molecule has 0 aromatic heterocycles. The third-order valence-electron chi connectivity index (χ3n) is 3.98. The van der Waals surface area contributed by atoms with Crippen LogP contribution in [0.25, 0.3) is 0 Å². The van der Waals surface area contributed by atoms with Gasteiger partial charge in [0, 0.05) is 25.6 Å². The Balaban J connectivity index is 1.90. The Bertz CT molecular complexity index is 270. The van der Waals surface area contributed by atoms with Crippen molar-refractivity contribution in [1.82, 2.24) is 4.90 Å². The molecule has 0 aromatic rings. The second-order valence-electron chi connectivity index (χ2n) is 5.33. The number of carbonyl (C=O) groups is 1. The van der Waals surface area contributed by atoms with E-state index in [2.05, 4.69) is 6.92 Å². The summed E-state index contributed by atoms with van der Waals surface area (Å²) < 4.78 is 5.56. The van der Waals surface area contributed by atoms with Gasteiger partial charge in [0.15, 0.2) is 0 Å². The van der Waals surface area contributed by atoms with Gasteiger partial charge in [-0.3, -0.25) is 4.79 Å². The van der Waals surface area contributed by atoms with Gasteiger partial charge >= 0.3 is 0 Å². The van der Waals surface area contributed by atoms with Crippen LogP contribution in [0.2, 0.25) is 0 Å². The van der Waals surface area contributed by atoms with Gasteiger partial charge in [-0.25, -0.2) is 0 Å². The molecule has 2 aliphatic rings. The highest BCUT2D eigenvalue weighted by Crippen LogP contribution is 2.25. The molecule has 17 heavy (non-hydrogen) atoms. The zero-order valence-electron chi connectivity index (χ0n) is 10.5. The number of halogens is 1. The summed E-state index contributed by atoms with van der Waals surface area (Å²) in [5, 5.41) is 0. The van der Waals surface area contributed by atoms with Gasteiger partial charge in [-0.05, 0) is 37.5 Å². The molecule has 0 saturated carbocycles. The largest absolute Gasteiger partial charge is 0.368 e. The number of hydrogen-bond donors (Lipinski definition) is 0. The Morgan fingerprint density at radius 2 is 2.29 bits per heavy atom. The number of ether oxygens (including phenoxy) is 1. The minimum atomic E-state index is -0.190. The average Bonchev–Trinajstić information content (AvgIpc) is 2.75. The molecule has 0 bridgehead atoms. The van der Waals surface area contributed by atoms with Crippen LogP contribution in [0.4, 0.5) is 0 Å². The third kappa shape index (κ3) is 3.14. The van der Waals surface area contributed by atoms with Crippen molar-refractivity contribution >= 4 is 17.5 Å². The molecule has 1 amide bonds. The third-order valence-corrected chi connectivity index (χ3v) is 4.20. The molecule has 0 spiro atoms. The minimum Gasteiger partial charge on any atom is -0.368 e. The molecule has 0 aromatic carbocycles. The molecule has 2 fully saturated rings. The van der Waals surface area contributed by atoms with Crippen molar-refractivity contribution in [2.24, 2.45) is 11.8 Å². The van der Waals surface area contributed by atoms with Gasteiger partial charge < -0.3 is 9.64 Å². The van der Waals surface area contributed by atoms with E-state index in [1.165, 1.54) is 6.42 Å². The van der Waals surface area contributed by atoms with E-state index in [4.69, 9.17) is 16.3 Å². The van der Waals surface area contributed by atoms with Crippen molar-refractivity contribution in [2.45, 2.75) is 38.7 Å². The summed E-state index contributed by atoms with van der Waals surface area (Å²) in [4.78, 5) is 14.3. The Morgan fingerprint density at radius 3 is 2.94 bits per heavy atom. The van der Waals surface area contributed by atoms with E-state index in [0.29, 0.717) is 17.7 Å². The lowest BCUT2D eigenvalue weighted by molar-refractivity contribution is -0.144. The lowest BCUT2D eigenvalue weighted by atomic mass is 9.94. The van der Waals surface area contributed by atoms with E-state index < -0.39 is 0 Å². The number of rotatable bonds is 3. The van der Waals surface area contributed by atoms with Gasteiger partial charge in [0.2, 0.25) is 0 Å². The van der Waals surface area contributed by atoms with Crippen LogP contribution in [-0.4, -0.2) is 42.5 Å². The van der Waals surface area contributed by atoms with Gasteiger partial charge in [0.25, 0.3) is 5.91 Å². The van der Waals surface area contributed by atoms with E-state index in [1.54, 1.807) is 0 Å². The van der Waals surface area contributed by atoms with Crippen LogP contribution in [0.15, 0.2) is 0 Å². The first-order valence-corrected chi connectivity index (χ1v) is 7.22. The number of alkyl halides is 1. The molecule has 2 heterocycles. The van der Waals surface area contributed by atoms with Crippen molar-refractivity contribution in [3.8, 4) is 0 Å². The fraction of sp³-hybridized carbons (Fsp3) is 0.923. The quantitative estimate of drug-likeness (QED) is 0.728. The number of carbonyl (C=O) groups excluding carboxylic acids is 1. The van der Waals surface area contributed by atoms with E-state index in [-0.39, 0.29) is 12.0 Å². The molecule has 2 aliphatic heterocycles. The fourth-order valence-corrected chi connectivity index (χ4v) is 3.15. The van der Waals surface area contributed by atoms with Gasteiger partial charge in [-0.2, -0.15) is 0 Å². The second-order valence-corrected chi connectivity index (χ2v) is 5.71.